The van der Waals surface area contributed by atoms with Gasteiger partial charge in [-0.2, -0.15) is 0 Å². The van der Waals surface area contributed by atoms with Crippen LogP contribution >= 0.6 is 0 Å². The van der Waals surface area contributed by atoms with Crippen LogP contribution in [-0.4, -0.2) is 21.5 Å². The molecule has 2 rings (SSSR count). The number of hydrogen-bond donors (Lipinski definition) is 3. The standard InChI is InChI=1S/C13H21N3O2S/c1-2-16-19(17,18)11-6-7-12(14)13(8-11)15-9-10-4-3-5-10/h6-8,10,15-16H,2-5,9,14H2,1H3. The summed E-state index contributed by atoms with van der Waals surface area (Å²) in [5.41, 5.74) is 7.15. The highest BCUT2D eigenvalue weighted by molar-refractivity contribution is 7.89. The minimum atomic E-state index is -3.43. The van der Waals surface area contributed by atoms with Gasteiger partial charge in [0.25, 0.3) is 0 Å². The van der Waals surface area contributed by atoms with E-state index < -0.39 is 10.0 Å². The number of sulfonamides is 1. The van der Waals surface area contributed by atoms with Crippen LogP contribution < -0.4 is 15.8 Å². The van der Waals surface area contributed by atoms with Crippen molar-refractivity contribution in [2.24, 2.45) is 5.92 Å². The first-order valence-electron chi connectivity index (χ1n) is 6.66. The molecule has 0 saturated heterocycles. The van der Waals surface area contributed by atoms with E-state index in [4.69, 9.17) is 5.73 Å². The summed E-state index contributed by atoms with van der Waals surface area (Å²) in [6.07, 6.45) is 3.77. The van der Waals surface area contributed by atoms with Crippen molar-refractivity contribution in [2.45, 2.75) is 31.1 Å². The van der Waals surface area contributed by atoms with E-state index in [2.05, 4.69) is 10.0 Å². The Labute approximate surface area is 114 Å². The van der Waals surface area contributed by atoms with E-state index in [9.17, 15) is 8.42 Å². The van der Waals surface area contributed by atoms with Crippen molar-refractivity contribution in [3.63, 3.8) is 0 Å². The van der Waals surface area contributed by atoms with Gasteiger partial charge in [0.1, 0.15) is 0 Å². The Kier molecular flexibility index (Phi) is 4.31. The third-order valence-electron chi connectivity index (χ3n) is 3.48. The van der Waals surface area contributed by atoms with Crippen LogP contribution in [0.3, 0.4) is 0 Å². The molecule has 0 heterocycles. The Balaban J connectivity index is 2.14. The molecule has 1 saturated carbocycles. The van der Waals surface area contributed by atoms with Crippen molar-refractivity contribution < 1.29 is 8.42 Å². The summed E-state index contributed by atoms with van der Waals surface area (Å²) in [6, 6.07) is 4.77. The van der Waals surface area contributed by atoms with Crippen molar-refractivity contribution in [2.75, 3.05) is 24.1 Å². The average Bonchev–Trinajstić information content (AvgIpc) is 2.29. The number of anilines is 2. The smallest absolute Gasteiger partial charge is 0.240 e. The highest BCUT2D eigenvalue weighted by Crippen LogP contribution is 2.28. The number of hydrogen-bond acceptors (Lipinski definition) is 4. The molecule has 0 spiro atoms. The number of nitrogens with one attached hydrogen (secondary N) is 2. The molecule has 4 N–H and O–H groups in total. The van der Waals surface area contributed by atoms with Gasteiger partial charge >= 0.3 is 0 Å². The minimum Gasteiger partial charge on any atom is -0.397 e. The van der Waals surface area contributed by atoms with Gasteiger partial charge in [-0.05, 0) is 37.0 Å². The van der Waals surface area contributed by atoms with Crippen LogP contribution in [-0.2, 0) is 10.0 Å². The lowest BCUT2D eigenvalue weighted by atomic mass is 9.85. The second-order valence-electron chi connectivity index (χ2n) is 4.93. The van der Waals surface area contributed by atoms with Crippen LogP contribution in [0, 0.1) is 5.92 Å². The lowest BCUT2D eigenvalue weighted by Gasteiger charge is -2.26. The van der Waals surface area contributed by atoms with Crippen molar-refractivity contribution in [3.05, 3.63) is 18.2 Å². The molecule has 0 aliphatic heterocycles. The maximum atomic E-state index is 11.9. The summed E-state index contributed by atoms with van der Waals surface area (Å²) in [4.78, 5) is 0.250. The second kappa shape index (κ2) is 5.79. The molecule has 1 aromatic rings. The van der Waals surface area contributed by atoms with Gasteiger partial charge in [0.05, 0.1) is 16.3 Å². The fraction of sp³-hybridized carbons (Fsp3) is 0.538. The van der Waals surface area contributed by atoms with E-state index in [0.717, 1.165) is 6.54 Å². The molecule has 6 heteroatoms. The average molecular weight is 283 g/mol. The first kappa shape index (κ1) is 14.1. The number of rotatable bonds is 6. The highest BCUT2D eigenvalue weighted by Gasteiger charge is 2.18. The monoisotopic (exact) mass is 283 g/mol. The van der Waals surface area contributed by atoms with Crippen LogP contribution in [0.5, 0.6) is 0 Å². The quantitative estimate of drug-likeness (QED) is 0.695. The Morgan fingerprint density at radius 3 is 2.68 bits per heavy atom. The topological polar surface area (TPSA) is 84.2 Å². The molecule has 1 aliphatic rings. The predicted molar refractivity (Wildman–Crippen MR) is 77.5 cm³/mol. The summed E-state index contributed by atoms with van der Waals surface area (Å²) < 4.78 is 26.3. The Morgan fingerprint density at radius 2 is 2.11 bits per heavy atom. The normalized spacial score (nSPS) is 16.1. The molecular weight excluding hydrogens is 262 g/mol. The van der Waals surface area contributed by atoms with E-state index in [1.165, 1.54) is 25.3 Å². The minimum absolute atomic E-state index is 0.250. The maximum Gasteiger partial charge on any atom is 0.240 e. The van der Waals surface area contributed by atoms with Crippen molar-refractivity contribution >= 4 is 21.4 Å². The zero-order valence-corrected chi connectivity index (χ0v) is 12.0. The first-order valence-corrected chi connectivity index (χ1v) is 8.14. The Bertz CT molecular complexity index is 539. The molecule has 0 unspecified atom stereocenters. The van der Waals surface area contributed by atoms with Crippen molar-refractivity contribution in [3.8, 4) is 0 Å². The van der Waals surface area contributed by atoms with Crippen LogP contribution in [0.25, 0.3) is 0 Å². The van der Waals surface area contributed by atoms with Crippen LogP contribution in [0.2, 0.25) is 0 Å². The van der Waals surface area contributed by atoms with Crippen molar-refractivity contribution in [1.82, 2.24) is 4.72 Å². The fourth-order valence-electron chi connectivity index (χ4n) is 2.08. The van der Waals surface area contributed by atoms with Gasteiger partial charge in [0.15, 0.2) is 0 Å². The van der Waals surface area contributed by atoms with Crippen LogP contribution in [0.15, 0.2) is 23.1 Å². The number of benzene rings is 1. The summed E-state index contributed by atoms with van der Waals surface area (Å²) >= 11 is 0. The summed E-state index contributed by atoms with van der Waals surface area (Å²) in [6.45, 7) is 2.98. The third-order valence-corrected chi connectivity index (χ3v) is 5.02. The highest BCUT2D eigenvalue weighted by atomic mass is 32.2. The molecule has 0 bridgehead atoms. The molecule has 1 aliphatic carbocycles. The molecule has 5 nitrogen and oxygen atoms in total. The summed E-state index contributed by atoms with van der Waals surface area (Å²) in [5, 5.41) is 3.25. The zero-order chi connectivity index (χ0) is 13.9. The molecule has 0 amide bonds. The lowest BCUT2D eigenvalue weighted by molar-refractivity contribution is 0.333. The number of nitrogen functional groups attached to an aromatic ring is 1. The SMILES string of the molecule is CCNS(=O)(=O)c1ccc(N)c(NCC2CCC2)c1. The van der Waals surface area contributed by atoms with Gasteiger partial charge in [0, 0.05) is 13.1 Å². The lowest BCUT2D eigenvalue weighted by Crippen LogP contribution is -2.24. The van der Waals surface area contributed by atoms with Crippen LogP contribution in [0.4, 0.5) is 11.4 Å². The van der Waals surface area contributed by atoms with E-state index >= 15 is 0 Å². The molecule has 1 fully saturated rings. The summed E-state index contributed by atoms with van der Waals surface area (Å²) in [5.74, 6) is 0.688. The van der Waals surface area contributed by atoms with E-state index in [1.807, 2.05) is 0 Å². The van der Waals surface area contributed by atoms with Crippen LogP contribution in [0.1, 0.15) is 26.2 Å². The maximum absolute atomic E-state index is 11.9. The van der Waals surface area contributed by atoms with Gasteiger partial charge < -0.3 is 11.1 Å². The van der Waals surface area contributed by atoms with Gasteiger partial charge in [-0.1, -0.05) is 13.3 Å². The van der Waals surface area contributed by atoms with Gasteiger partial charge in [0.2, 0.25) is 10.0 Å². The zero-order valence-electron chi connectivity index (χ0n) is 11.1. The Hall–Kier alpha value is -1.27. The van der Waals surface area contributed by atoms with E-state index in [1.54, 1.807) is 19.1 Å². The van der Waals surface area contributed by atoms with Gasteiger partial charge in [-0.25, -0.2) is 13.1 Å². The third kappa shape index (κ3) is 3.39. The predicted octanol–water partition coefficient (Wildman–Crippen LogP) is 1.78. The molecule has 1 aromatic carbocycles. The molecule has 0 atom stereocenters. The Morgan fingerprint density at radius 1 is 1.37 bits per heavy atom. The van der Waals surface area contributed by atoms with Gasteiger partial charge in [-0.15, -0.1) is 0 Å². The van der Waals surface area contributed by atoms with E-state index in [-0.39, 0.29) is 4.90 Å². The molecule has 0 radical (unpaired) electrons. The molecule has 19 heavy (non-hydrogen) atoms. The first-order chi connectivity index (χ1) is 9.03. The van der Waals surface area contributed by atoms with Crippen molar-refractivity contribution in [1.29, 1.82) is 0 Å². The molecule has 0 aromatic heterocycles. The molecule has 106 valence electrons. The van der Waals surface area contributed by atoms with Gasteiger partial charge in [-0.3, -0.25) is 0 Å². The fourth-order valence-corrected chi connectivity index (χ4v) is 3.15. The van der Waals surface area contributed by atoms with E-state index in [0.29, 0.717) is 23.8 Å². The number of nitrogens with two attached hydrogens (primary N) is 1. The molecular formula is C13H21N3O2S. The largest absolute Gasteiger partial charge is 0.397 e. The summed E-state index contributed by atoms with van der Waals surface area (Å²) in [7, 11) is -3.43. The second-order valence-corrected chi connectivity index (χ2v) is 6.70.